The lowest BCUT2D eigenvalue weighted by Gasteiger charge is -2.00. The minimum atomic E-state index is 0.934. The van der Waals surface area contributed by atoms with Crippen molar-refractivity contribution in [3.63, 3.8) is 0 Å². The van der Waals surface area contributed by atoms with E-state index in [1.54, 1.807) is 0 Å². The number of aryl methyl sites for hydroxylation is 1. The Labute approximate surface area is 123 Å². The fourth-order valence-corrected chi connectivity index (χ4v) is 2.75. The third-order valence-electron chi connectivity index (χ3n) is 3.98. The van der Waals surface area contributed by atoms with Gasteiger partial charge in [0.15, 0.2) is 0 Å². The molecule has 0 saturated carbocycles. The third kappa shape index (κ3) is 2.09. The number of imidazole rings is 1. The summed E-state index contributed by atoms with van der Waals surface area (Å²) in [4.78, 5) is 8.15. The highest BCUT2D eigenvalue weighted by molar-refractivity contribution is 5.88. The maximum Gasteiger partial charge on any atom is 0.138 e. The van der Waals surface area contributed by atoms with Gasteiger partial charge in [-0.15, -0.1) is 0 Å². The lowest BCUT2D eigenvalue weighted by Crippen LogP contribution is -1.81. The average Bonchev–Trinajstić information content (AvgIpc) is 2.97. The number of rotatable bonds is 2. The van der Waals surface area contributed by atoms with Gasteiger partial charge < -0.3 is 4.98 Å². The van der Waals surface area contributed by atoms with Gasteiger partial charge in [-0.3, -0.25) is 0 Å². The van der Waals surface area contributed by atoms with Crippen molar-refractivity contribution in [3.05, 3.63) is 66.2 Å². The van der Waals surface area contributed by atoms with Gasteiger partial charge in [0.2, 0.25) is 0 Å². The fourth-order valence-electron chi connectivity index (χ4n) is 2.75. The molecule has 0 radical (unpaired) electrons. The van der Waals surface area contributed by atoms with E-state index in [9.17, 15) is 0 Å². The van der Waals surface area contributed by atoms with Gasteiger partial charge in [-0.1, -0.05) is 49.4 Å². The van der Waals surface area contributed by atoms with Crippen molar-refractivity contribution < 1.29 is 0 Å². The predicted molar refractivity (Wildman–Crippen MR) is 88.4 cm³/mol. The van der Waals surface area contributed by atoms with Gasteiger partial charge in [-0.2, -0.15) is 0 Å². The van der Waals surface area contributed by atoms with E-state index in [4.69, 9.17) is 4.98 Å². The maximum atomic E-state index is 4.71. The Bertz CT molecular complexity index is 935. The third-order valence-corrected chi connectivity index (χ3v) is 3.98. The molecule has 2 nitrogen and oxygen atoms in total. The van der Waals surface area contributed by atoms with Gasteiger partial charge in [-0.25, -0.2) is 4.98 Å². The van der Waals surface area contributed by atoms with Crippen LogP contribution in [-0.4, -0.2) is 9.97 Å². The minimum absolute atomic E-state index is 0.934. The summed E-state index contributed by atoms with van der Waals surface area (Å²) in [5.74, 6) is 0.934. The summed E-state index contributed by atoms with van der Waals surface area (Å²) < 4.78 is 0. The van der Waals surface area contributed by atoms with E-state index in [0.29, 0.717) is 0 Å². The van der Waals surface area contributed by atoms with Crippen molar-refractivity contribution in [3.8, 4) is 11.4 Å². The summed E-state index contributed by atoms with van der Waals surface area (Å²) in [7, 11) is 0. The summed E-state index contributed by atoms with van der Waals surface area (Å²) in [5, 5.41) is 2.50. The van der Waals surface area contributed by atoms with E-state index in [1.165, 1.54) is 16.3 Å². The monoisotopic (exact) mass is 272 g/mol. The summed E-state index contributed by atoms with van der Waals surface area (Å²) in [6.07, 6.45) is 1.04. The molecule has 1 N–H and O–H groups in total. The Morgan fingerprint density at radius 2 is 1.76 bits per heavy atom. The first-order valence-electron chi connectivity index (χ1n) is 7.31. The molecule has 0 atom stereocenters. The first-order chi connectivity index (χ1) is 10.3. The molecule has 102 valence electrons. The second-order valence-corrected chi connectivity index (χ2v) is 5.35. The summed E-state index contributed by atoms with van der Waals surface area (Å²) >= 11 is 0. The largest absolute Gasteiger partial charge is 0.338 e. The highest BCUT2D eigenvalue weighted by Gasteiger charge is 2.06. The molecule has 2 heteroatoms. The van der Waals surface area contributed by atoms with Gasteiger partial charge in [-0.05, 0) is 41.0 Å². The van der Waals surface area contributed by atoms with Gasteiger partial charge in [0.25, 0.3) is 0 Å². The van der Waals surface area contributed by atoms with Crippen LogP contribution in [0.3, 0.4) is 0 Å². The molecule has 0 aliphatic carbocycles. The molecule has 0 spiro atoms. The maximum absolute atomic E-state index is 4.71. The van der Waals surface area contributed by atoms with Crippen molar-refractivity contribution in [1.82, 2.24) is 9.97 Å². The number of aromatic amines is 1. The first kappa shape index (κ1) is 12.2. The topological polar surface area (TPSA) is 28.7 Å². The van der Waals surface area contributed by atoms with Crippen LogP contribution in [0.25, 0.3) is 33.2 Å². The number of nitrogens with one attached hydrogen (secondary N) is 1. The second-order valence-electron chi connectivity index (χ2n) is 5.35. The van der Waals surface area contributed by atoms with Crippen LogP contribution in [0.2, 0.25) is 0 Å². The lowest BCUT2D eigenvalue weighted by molar-refractivity contribution is 1.14. The van der Waals surface area contributed by atoms with E-state index in [2.05, 4.69) is 72.6 Å². The number of aromatic nitrogens is 2. The van der Waals surface area contributed by atoms with Crippen LogP contribution in [0.15, 0.2) is 60.7 Å². The van der Waals surface area contributed by atoms with Crippen LogP contribution in [0, 0.1) is 0 Å². The number of H-pyrrole nitrogens is 1. The molecule has 4 rings (SSSR count). The zero-order valence-corrected chi connectivity index (χ0v) is 11.9. The Balaban J connectivity index is 1.87. The van der Waals surface area contributed by atoms with E-state index < -0.39 is 0 Å². The number of fused-ring (bicyclic) bond motifs is 2. The molecule has 1 heterocycles. The Kier molecular flexibility index (Phi) is 2.74. The predicted octanol–water partition coefficient (Wildman–Crippen LogP) is 4.95. The lowest BCUT2D eigenvalue weighted by atomic mass is 10.1. The average molecular weight is 272 g/mol. The highest BCUT2D eigenvalue weighted by atomic mass is 14.9. The molecule has 0 bridgehead atoms. The molecular weight excluding hydrogens is 256 g/mol. The highest BCUT2D eigenvalue weighted by Crippen LogP contribution is 2.25. The van der Waals surface area contributed by atoms with Gasteiger partial charge in [0.1, 0.15) is 5.82 Å². The molecule has 0 unspecified atom stereocenters. The minimum Gasteiger partial charge on any atom is -0.338 e. The number of hydrogen-bond acceptors (Lipinski definition) is 1. The van der Waals surface area contributed by atoms with Crippen LogP contribution < -0.4 is 0 Å². The number of hydrogen-bond donors (Lipinski definition) is 1. The molecule has 3 aromatic carbocycles. The molecular formula is C19H16N2. The summed E-state index contributed by atoms with van der Waals surface area (Å²) in [5.41, 5.74) is 4.59. The molecule has 1 aromatic heterocycles. The molecule has 0 fully saturated rings. The van der Waals surface area contributed by atoms with Crippen LogP contribution in [0.1, 0.15) is 12.5 Å². The molecule has 21 heavy (non-hydrogen) atoms. The molecule has 0 saturated heterocycles. The number of nitrogens with zero attached hydrogens (tertiary/aromatic N) is 1. The SMILES string of the molecule is CCc1ccc2nc(-c3ccc4ccccc4c3)[nH]c2c1. The van der Waals surface area contributed by atoms with E-state index >= 15 is 0 Å². The zero-order chi connectivity index (χ0) is 14.2. The number of benzene rings is 3. The van der Waals surface area contributed by atoms with Gasteiger partial charge in [0.05, 0.1) is 11.0 Å². The Hall–Kier alpha value is -2.61. The Morgan fingerprint density at radius 3 is 2.62 bits per heavy atom. The van der Waals surface area contributed by atoms with Crippen molar-refractivity contribution in [2.45, 2.75) is 13.3 Å². The summed E-state index contributed by atoms with van der Waals surface area (Å²) in [6, 6.07) is 21.3. The fraction of sp³-hybridized carbons (Fsp3) is 0.105. The van der Waals surface area contributed by atoms with Crippen molar-refractivity contribution in [1.29, 1.82) is 0 Å². The molecule has 0 amide bonds. The standard InChI is InChI=1S/C19H16N2/c1-2-13-7-10-17-18(11-13)21-19(20-17)16-9-8-14-5-3-4-6-15(14)12-16/h3-12H,2H2,1H3,(H,20,21). The second kappa shape index (κ2) is 4.74. The van der Waals surface area contributed by atoms with Crippen LogP contribution >= 0.6 is 0 Å². The van der Waals surface area contributed by atoms with Gasteiger partial charge >= 0.3 is 0 Å². The van der Waals surface area contributed by atoms with E-state index in [0.717, 1.165) is 28.8 Å². The molecule has 0 aliphatic rings. The van der Waals surface area contributed by atoms with Crippen molar-refractivity contribution >= 4 is 21.8 Å². The van der Waals surface area contributed by atoms with E-state index in [-0.39, 0.29) is 0 Å². The van der Waals surface area contributed by atoms with Gasteiger partial charge in [0, 0.05) is 5.56 Å². The molecule has 4 aromatic rings. The normalized spacial score (nSPS) is 11.3. The first-order valence-corrected chi connectivity index (χ1v) is 7.31. The smallest absolute Gasteiger partial charge is 0.138 e. The van der Waals surface area contributed by atoms with Crippen LogP contribution in [0.5, 0.6) is 0 Å². The van der Waals surface area contributed by atoms with Crippen molar-refractivity contribution in [2.24, 2.45) is 0 Å². The quantitative estimate of drug-likeness (QED) is 0.549. The zero-order valence-electron chi connectivity index (χ0n) is 11.9. The van der Waals surface area contributed by atoms with Crippen LogP contribution in [0.4, 0.5) is 0 Å². The Morgan fingerprint density at radius 1 is 0.905 bits per heavy atom. The van der Waals surface area contributed by atoms with E-state index in [1.807, 2.05) is 0 Å². The summed E-state index contributed by atoms with van der Waals surface area (Å²) in [6.45, 7) is 2.17. The van der Waals surface area contributed by atoms with Crippen LogP contribution in [-0.2, 0) is 6.42 Å². The molecule has 0 aliphatic heterocycles. The van der Waals surface area contributed by atoms with Crippen molar-refractivity contribution in [2.75, 3.05) is 0 Å².